The van der Waals surface area contributed by atoms with Gasteiger partial charge in [0.05, 0.1) is 10.0 Å². The van der Waals surface area contributed by atoms with E-state index < -0.39 is 16.2 Å². The molecule has 0 aromatic heterocycles. The summed E-state index contributed by atoms with van der Waals surface area (Å²) < 4.78 is 31.6. The number of diazo groups is 1. The Labute approximate surface area is 151 Å². The average Bonchev–Trinajstić information content (AvgIpc) is 2.52. The summed E-state index contributed by atoms with van der Waals surface area (Å²) in [4.78, 5) is 27.9. The fourth-order valence-corrected chi connectivity index (χ4v) is 2.58. The Morgan fingerprint density at radius 2 is 1.40 bits per heavy atom. The Morgan fingerprint density at radius 1 is 0.920 bits per heavy atom. The molecule has 0 fully saturated rings. The zero-order valence-corrected chi connectivity index (χ0v) is 14.3. The Bertz CT molecular complexity index is 1050. The first kappa shape index (κ1) is 19.0. The molecule has 0 aliphatic heterocycles. The number of rotatable bonds is 0. The van der Waals surface area contributed by atoms with Gasteiger partial charge < -0.3 is 0 Å². The minimum absolute atomic E-state index is 0.0533. The van der Waals surface area contributed by atoms with Gasteiger partial charge in [-0.25, -0.2) is 0 Å². The van der Waals surface area contributed by atoms with Gasteiger partial charge in [0.1, 0.15) is 5.56 Å². The predicted octanol–water partition coefficient (Wildman–Crippen LogP) is 3.60. The van der Waals surface area contributed by atoms with Gasteiger partial charge in [-0.15, -0.1) is 0 Å². The molecule has 0 heterocycles. The molecular formula is C14H7Cl2N2O6S+. The van der Waals surface area contributed by atoms with Crippen molar-refractivity contribution >= 4 is 50.9 Å². The Kier molecular flexibility index (Phi) is 5.22. The molecule has 3 rings (SSSR count). The van der Waals surface area contributed by atoms with Gasteiger partial charge in [0.25, 0.3) is 0 Å². The van der Waals surface area contributed by atoms with E-state index in [9.17, 15) is 9.59 Å². The Balaban J connectivity index is 0.000000399. The van der Waals surface area contributed by atoms with Crippen molar-refractivity contribution in [2.75, 3.05) is 0 Å². The maximum atomic E-state index is 12.5. The molecule has 2 aromatic rings. The molecule has 2 aromatic carbocycles. The van der Waals surface area contributed by atoms with Gasteiger partial charge in [-0.2, -0.15) is 8.42 Å². The van der Waals surface area contributed by atoms with E-state index in [1.165, 1.54) is 24.3 Å². The lowest BCUT2D eigenvalue weighted by Gasteiger charge is -2.16. The standard InChI is InChI=1S/C14H5Cl2N2O2.H2O4S/c15-9-4-7-8(5-10(9)16)14(20)12-6(13(7)19)2-1-3-11(12)18-17;1-5(2,3)4/h1-5H;(H2,1,2,3,4)/q+1;. The minimum Gasteiger partial charge on any atom is -0.289 e. The van der Waals surface area contributed by atoms with Crippen molar-refractivity contribution < 1.29 is 27.1 Å². The molecule has 0 atom stereocenters. The van der Waals surface area contributed by atoms with Crippen LogP contribution in [0.5, 0.6) is 0 Å². The molecule has 0 unspecified atom stereocenters. The van der Waals surface area contributed by atoms with E-state index in [1.54, 1.807) is 6.07 Å². The van der Waals surface area contributed by atoms with Crippen molar-refractivity contribution in [3.8, 4) is 0 Å². The number of hydrogen-bond donors (Lipinski definition) is 2. The van der Waals surface area contributed by atoms with Crippen molar-refractivity contribution in [1.29, 1.82) is 5.39 Å². The highest BCUT2D eigenvalue weighted by atomic mass is 35.5. The predicted molar refractivity (Wildman–Crippen MR) is 88.7 cm³/mol. The molecule has 0 amide bonds. The first-order chi connectivity index (χ1) is 11.5. The van der Waals surface area contributed by atoms with Gasteiger partial charge >= 0.3 is 16.1 Å². The molecule has 1 aliphatic carbocycles. The molecule has 0 radical (unpaired) electrons. The highest BCUT2D eigenvalue weighted by Crippen LogP contribution is 2.36. The monoisotopic (exact) mass is 401 g/mol. The quantitative estimate of drug-likeness (QED) is 0.433. The number of halogens is 2. The third kappa shape index (κ3) is 4.01. The number of nitrogens with zero attached hydrogens (tertiary/aromatic N) is 2. The molecule has 11 heteroatoms. The Hall–Kier alpha value is -2.35. The zero-order valence-electron chi connectivity index (χ0n) is 12.0. The fourth-order valence-electron chi connectivity index (χ4n) is 2.25. The first-order valence-electron chi connectivity index (χ1n) is 6.31. The molecule has 0 bridgehead atoms. The summed E-state index contributed by atoms with van der Waals surface area (Å²) in [7, 11) is -4.67. The van der Waals surface area contributed by atoms with E-state index in [2.05, 4.69) is 4.98 Å². The highest BCUT2D eigenvalue weighted by molar-refractivity contribution is 7.79. The lowest BCUT2D eigenvalue weighted by atomic mass is 9.83. The number of benzene rings is 2. The normalized spacial score (nSPS) is 12.4. The fraction of sp³-hybridized carbons (Fsp3) is 0. The molecule has 0 spiro atoms. The molecule has 8 nitrogen and oxygen atoms in total. The summed E-state index contributed by atoms with van der Waals surface area (Å²) >= 11 is 11.8. The van der Waals surface area contributed by atoms with Crippen LogP contribution < -0.4 is 0 Å². The van der Waals surface area contributed by atoms with Crippen LogP contribution in [0.1, 0.15) is 31.8 Å². The van der Waals surface area contributed by atoms with Crippen LogP contribution in [-0.4, -0.2) is 29.1 Å². The number of fused-ring (bicyclic) bond motifs is 2. The van der Waals surface area contributed by atoms with E-state index in [4.69, 9.17) is 46.1 Å². The van der Waals surface area contributed by atoms with Crippen molar-refractivity contribution in [3.63, 3.8) is 0 Å². The summed E-state index contributed by atoms with van der Waals surface area (Å²) in [5.74, 6) is -0.764. The lowest BCUT2D eigenvalue weighted by molar-refractivity contribution is 0.0980. The van der Waals surface area contributed by atoms with Gasteiger partial charge in [0, 0.05) is 22.8 Å². The van der Waals surface area contributed by atoms with Crippen LogP contribution in [0.3, 0.4) is 0 Å². The van der Waals surface area contributed by atoms with E-state index in [0.717, 1.165) is 0 Å². The van der Waals surface area contributed by atoms with E-state index >= 15 is 0 Å². The maximum Gasteiger partial charge on any atom is 0.396 e. The summed E-state index contributed by atoms with van der Waals surface area (Å²) in [6.07, 6.45) is 0. The van der Waals surface area contributed by atoms with Crippen molar-refractivity contribution in [1.82, 2.24) is 0 Å². The first-order valence-corrected chi connectivity index (χ1v) is 8.46. The highest BCUT2D eigenvalue weighted by Gasteiger charge is 2.36. The molecule has 128 valence electrons. The largest absolute Gasteiger partial charge is 0.396 e. The summed E-state index contributed by atoms with van der Waals surface area (Å²) in [6.45, 7) is 0. The number of ketones is 2. The van der Waals surface area contributed by atoms with E-state index in [0.29, 0.717) is 0 Å². The van der Waals surface area contributed by atoms with Crippen LogP contribution in [0.2, 0.25) is 10.0 Å². The van der Waals surface area contributed by atoms with Gasteiger partial charge in [0.15, 0.2) is 10.8 Å². The smallest absolute Gasteiger partial charge is 0.289 e. The molecule has 0 saturated carbocycles. The van der Waals surface area contributed by atoms with Gasteiger partial charge in [0.2, 0.25) is 11.2 Å². The average molecular weight is 402 g/mol. The van der Waals surface area contributed by atoms with Gasteiger partial charge in [-0.3, -0.25) is 18.7 Å². The van der Waals surface area contributed by atoms with Crippen molar-refractivity contribution in [3.05, 3.63) is 67.6 Å². The van der Waals surface area contributed by atoms with Crippen molar-refractivity contribution in [2.45, 2.75) is 0 Å². The second kappa shape index (κ2) is 6.87. The third-order valence-electron chi connectivity index (χ3n) is 3.17. The van der Waals surface area contributed by atoms with Crippen LogP contribution in [0.25, 0.3) is 4.98 Å². The van der Waals surface area contributed by atoms with Gasteiger partial charge in [-0.05, 0) is 18.2 Å². The number of carbonyl (C=O) groups is 2. The third-order valence-corrected chi connectivity index (χ3v) is 3.89. The summed E-state index contributed by atoms with van der Waals surface area (Å²) in [5.41, 5.74) is 0.680. The SMILES string of the molecule is N#[N+]c1cccc2c1C(=O)c1cc(Cl)c(Cl)cc1C2=O.O=S(=O)(O)O. The van der Waals surface area contributed by atoms with E-state index in [-0.39, 0.29) is 43.8 Å². The summed E-state index contributed by atoms with van der Waals surface area (Å²) in [5, 5.41) is 9.35. The molecule has 1 aliphatic rings. The topological polar surface area (TPSA) is 137 Å². The molecule has 2 N–H and O–H groups in total. The van der Waals surface area contributed by atoms with Crippen LogP contribution in [0.4, 0.5) is 5.69 Å². The molecular weight excluding hydrogens is 395 g/mol. The second-order valence-corrected chi connectivity index (χ2v) is 6.43. The van der Waals surface area contributed by atoms with Gasteiger partial charge in [-0.1, -0.05) is 29.3 Å². The van der Waals surface area contributed by atoms with Crippen LogP contribution in [0, 0.1) is 5.39 Å². The number of carbonyl (C=O) groups excluding carboxylic acids is 2. The van der Waals surface area contributed by atoms with Crippen molar-refractivity contribution in [2.24, 2.45) is 0 Å². The molecule has 0 saturated heterocycles. The van der Waals surface area contributed by atoms with Crippen LogP contribution >= 0.6 is 23.2 Å². The minimum atomic E-state index is -4.67. The van der Waals surface area contributed by atoms with Crippen LogP contribution in [-0.2, 0) is 10.4 Å². The van der Waals surface area contributed by atoms with E-state index in [1.807, 2.05) is 0 Å². The zero-order chi connectivity index (χ0) is 18.9. The summed E-state index contributed by atoms with van der Waals surface area (Å²) in [6, 6.07) is 7.24. The molecule has 25 heavy (non-hydrogen) atoms. The van der Waals surface area contributed by atoms with Crippen LogP contribution in [0.15, 0.2) is 30.3 Å². The second-order valence-electron chi connectivity index (χ2n) is 4.72. The Morgan fingerprint density at radius 3 is 1.88 bits per heavy atom. The maximum absolute atomic E-state index is 12.5. The lowest BCUT2D eigenvalue weighted by Crippen LogP contribution is -2.21. The number of hydrogen-bond acceptors (Lipinski definition) is 5.